The summed E-state index contributed by atoms with van der Waals surface area (Å²) < 4.78 is 0. The van der Waals surface area contributed by atoms with Crippen LogP contribution in [0.4, 0.5) is 5.82 Å². The summed E-state index contributed by atoms with van der Waals surface area (Å²) in [7, 11) is 0. The summed E-state index contributed by atoms with van der Waals surface area (Å²) in [5.41, 5.74) is 9.47. The molecule has 0 fully saturated rings. The van der Waals surface area contributed by atoms with Gasteiger partial charge in [-0.05, 0) is 29.8 Å². The molecule has 0 unspecified atom stereocenters. The number of carbonyl (C=O) groups is 1. The van der Waals surface area contributed by atoms with Crippen molar-refractivity contribution in [2.75, 3.05) is 5.73 Å². The predicted octanol–water partition coefficient (Wildman–Crippen LogP) is 4.35. The van der Waals surface area contributed by atoms with Gasteiger partial charge in [-0.25, -0.2) is 9.78 Å². The number of nitrogen functional groups attached to an aromatic ring is 1. The van der Waals surface area contributed by atoms with Gasteiger partial charge in [0.15, 0.2) is 0 Å². The number of aromatic carboxylic acids is 1. The SMILES string of the molecule is Nc1ncc(-c2ccc(C(=O)O)cc2)cc1-c1ccccc1Cl. The third-order valence-corrected chi connectivity index (χ3v) is 3.88. The molecule has 3 N–H and O–H groups in total. The minimum atomic E-state index is -0.955. The van der Waals surface area contributed by atoms with Crippen LogP contribution in [0.25, 0.3) is 22.3 Å². The van der Waals surface area contributed by atoms with E-state index >= 15 is 0 Å². The lowest BCUT2D eigenvalue weighted by Crippen LogP contribution is -1.97. The van der Waals surface area contributed by atoms with E-state index in [0.717, 1.165) is 22.3 Å². The van der Waals surface area contributed by atoms with Gasteiger partial charge >= 0.3 is 5.97 Å². The molecule has 23 heavy (non-hydrogen) atoms. The lowest BCUT2D eigenvalue weighted by atomic mass is 10.0. The maximum absolute atomic E-state index is 10.9. The number of benzene rings is 2. The van der Waals surface area contributed by atoms with Crippen molar-refractivity contribution in [2.45, 2.75) is 0 Å². The number of hydrogen-bond donors (Lipinski definition) is 2. The number of aromatic nitrogens is 1. The zero-order chi connectivity index (χ0) is 16.4. The van der Waals surface area contributed by atoms with Crippen LogP contribution in [0.15, 0.2) is 60.8 Å². The Bertz CT molecular complexity index is 876. The molecule has 0 saturated heterocycles. The summed E-state index contributed by atoms with van der Waals surface area (Å²) in [6.45, 7) is 0. The van der Waals surface area contributed by atoms with Crippen LogP contribution < -0.4 is 5.73 Å². The van der Waals surface area contributed by atoms with Crippen LogP contribution in [-0.4, -0.2) is 16.1 Å². The van der Waals surface area contributed by atoms with Gasteiger partial charge in [-0.15, -0.1) is 0 Å². The van der Waals surface area contributed by atoms with Crippen molar-refractivity contribution in [1.82, 2.24) is 4.98 Å². The van der Waals surface area contributed by atoms with E-state index in [1.807, 2.05) is 24.3 Å². The smallest absolute Gasteiger partial charge is 0.335 e. The Morgan fingerprint density at radius 2 is 1.70 bits per heavy atom. The van der Waals surface area contributed by atoms with Gasteiger partial charge in [-0.1, -0.05) is 41.9 Å². The number of carboxylic acid groups (broad SMARTS) is 1. The number of anilines is 1. The van der Waals surface area contributed by atoms with Crippen molar-refractivity contribution >= 4 is 23.4 Å². The van der Waals surface area contributed by atoms with Gasteiger partial charge < -0.3 is 10.8 Å². The highest BCUT2D eigenvalue weighted by Crippen LogP contribution is 2.33. The summed E-state index contributed by atoms with van der Waals surface area (Å²) in [6.07, 6.45) is 1.66. The van der Waals surface area contributed by atoms with Gasteiger partial charge in [0.2, 0.25) is 0 Å². The highest BCUT2D eigenvalue weighted by atomic mass is 35.5. The van der Waals surface area contributed by atoms with Gasteiger partial charge in [0, 0.05) is 27.9 Å². The van der Waals surface area contributed by atoms with E-state index in [2.05, 4.69) is 4.98 Å². The predicted molar refractivity (Wildman–Crippen MR) is 91.5 cm³/mol. The van der Waals surface area contributed by atoms with Crippen molar-refractivity contribution in [2.24, 2.45) is 0 Å². The summed E-state index contributed by atoms with van der Waals surface area (Å²) in [5.74, 6) is -0.562. The minimum absolute atomic E-state index is 0.239. The van der Waals surface area contributed by atoms with E-state index in [1.54, 1.807) is 36.5 Å². The molecule has 0 aliphatic carbocycles. The molecule has 1 heterocycles. The quantitative estimate of drug-likeness (QED) is 0.751. The molecule has 4 nitrogen and oxygen atoms in total. The number of carboxylic acids is 1. The monoisotopic (exact) mass is 324 g/mol. The number of nitrogens with zero attached hydrogens (tertiary/aromatic N) is 1. The Morgan fingerprint density at radius 1 is 1.00 bits per heavy atom. The summed E-state index contributed by atoms with van der Waals surface area (Å²) in [6, 6.07) is 15.9. The van der Waals surface area contributed by atoms with E-state index < -0.39 is 5.97 Å². The lowest BCUT2D eigenvalue weighted by Gasteiger charge is -2.10. The number of halogens is 1. The van der Waals surface area contributed by atoms with Crippen LogP contribution in [0.5, 0.6) is 0 Å². The van der Waals surface area contributed by atoms with Crippen LogP contribution >= 0.6 is 11.6 Å². The molecule has 0 radical (unpaired) electrons. The zero-order valence-electron chi connectivity index (χ0n) is 12.0. The second kappa shape index (κ2) is 6.10. The van der Waals surface area contributed by atoms with E-state index in [4.69, 9.17) is 22.4 Å². The molecular formula is C18H13ClN2O2. The van der Waals surface area contributed by atoms with Gasteiger partial charge in [-0.3, -0.25) is 0 Å². The normalized spacial score (nSPS) is 10.5. The highest BCUT2D eigenvalue weighted by molar-refractivity contribution is 6.33. The molecule has 0 aliphatic heterocycles. The molecule has 3 aromatic rings. The molecule has 0 amide bonds. The number of pyridine rings is 1. The second-order valence-electron chi connectivity index (χ2n) is 5.02. The van der Waals surface area contributed by atoms with Crippen molar-refractivity contribution in [3.05, 3.63) is 71.4 Å². The Morgan fingerprint density at radius 3 is 2.35 bits per heavy atom. The van der Waals surface area contributed by atoms with Crippen molar-refractivity contribution < 1.29 is 9.90 Å². The molecule has 1 aromatic heterocycles. The second-order valence-corrected chi connectivity index (χ2v) is 5.43. The van der Waals surface area contributed by atoms with E-state index in [-0.39, 0.29) is 5.56 Å². The number of nitrogens with two attached hydrogens (primary N) is 1. The van der Waals surface area contributed by atoms with Crippen molar-refractivity contribution in [1.29, 1.82) is 0 Å². The Kier molecular flexibility index (Phi) is 4.00. The van der Waals surface area contributed by atoms with Gasteiger partial charge in [0.25, 0.3) is 0 Å². The standard InChI is InChI=1S/C18H13ClN2O2/c19-16-4-2-1-3-14(16)15-9-13(10-21-17(15)20)11-5-7-12(8-6-11)18(22)23/h1-10H,(H2,20,21)(H,22,23). The Balaban J connectivity index is 2.07. The molecule has 0 spiro atoms. The molecule has 0 saturated carbocycles. The van der Waals surface area contributed by atoms with Crippen molar-refractivity contribution in [3.63, 3.8) is 0 Å². The van der Waals surface area contributed by atoms with E-state index in [9.17, 15) is 4.79 Å². The maximum Gasteiger partial charge on any atom is 0.335 e. The average molecular weight is 325 g/mol. The Labute approximate surface area is 138 Å². The first-order valence-corrected chi connectivity index (χ1v) is 7.28. The molecule has 5 heteroatoms. The molecular weight excluding hydrogens is 312 g/mol. The highest BCUT2D eigenvalue weighted by Gasteiger charge is 2.10. The number of rotatable bonds is 3. The van der Waals surface area contributed by atoms with Crippen LogP contribution in [0, 0.1) is 0 Å². The molecule has 2 aromatic carbocycles. The fourth-order valence-electron chi connectivity index (χ4n) is 2.33. The van der Waals surface area contributed by atoms with E-state index in [0.29, 0.717) is 10.8 Å². The number of hydrogen-bond acceptors (Lipinski definition) is 3. The molecule has 0 aliphatic rings. The summed E-state index contributed by atoms with van der Waals surface area (Å²) >= 11 is 6.24. The third kappa shape index (κ3) is 3.03. The van der Waals surface area contributed by atoms with Crippen LogP contribution in [-0.2, 0) is 0 Å². The average Bonchev–Trinajstić information content (AvgIpc) is 2.56. The first kappa shape index (κ1) is 15.1. The van der Waals surface area contributed by atoms with Gasteiger partial charge in [0.05, 0.1) is 5.56 Å². The largest absolute Gasteiger partial charge is 0.478 e. The molecule has 0 atom stereocenters. The topological polar surface area (TPSA) is 76.2 Å². The summed E-state index contributed by atoms with van der Waals surface area (Å²) in [5, 5.41) is 9.56. The van der Waals surface area contributed by atoms with Gasteiger partial charge in [0.1, 0.15) is 5.82 Å². The van der Waals surface area contributed by atoms with Crippen LogP contribution in [0.3, 0.4) is 0 Å². The Hall–Kier alpha value is -2.85. The van der Waals surface area contributed by atoms with Crippen LogP contribution in [0.2, 0.25) is 5.02 Å². The third-order valence-electron chi connectivity index (χ3n) is 3.55. The first-order valence-electron chi connectivity index (χ1n) is 6.90. The minimum Gasteiger partial charge on any atom is -0.478 e. The van der Waals surface area contributed by atoms with E-state index in [1.165, 1.54) is 0 Å². The molecule has 3 rings (SSSR count). The van der Waals surface area contributed by atoms with Crippen LogP contribution in [0.1, 0.15) is 10.4 Å². The maximum atomic E-state index is 10.9. The molecule has 114 valence electrons. The van der Waals surface area contributed by atoms with Crippen molar-refractivity contribution in [3.8, 4) is 22.3 Å². The van der Waals surface area contributed by atoms with Gasteiger partial charge in [-0.2, -0.15) is 0 Å². The fraction of sp³-hybridized carbons (Fsp3) is 0. The summed E-state index contributed by atoms with van der Waals surface area (Å²) in [4.78, 5) is 15.2. The fourth-order valence-corrected chi connectivity index (χ4v) is 2.57. The lowest BCUT2D eigenvalue weighted by molar-refractivity contribution is 0.0697. The first-order chi connectivity index (χ1) is 11.1. The zero-order valence-corrected chi connectivity index (χ0v) is 12.8. The molecule has 0 bridgehead atoms.